The summed E-state index contributed by atoms with van der Waals surface area (Å²) in [7, 11) is 1.50. The third-order valence-corrected chi connectivity index (χ3v) is 4.65. The van der Waals surface area contributed by atoms with Crippen molar-refractivity contribution in [1.29, 1.82) is 0 Å². The molecule has 33 heavy (non-hydrogen) atoms. The molecule has 0 aliphatic carbocycles. The van der Waals surface area contributed by atoms with Crippen molar-refractivity contribution in [3.63, 3.8) is 0 Å². The van der Waals surface area contributed by atoms with Crippen LogP contribution in [0.2, 0.25) is 0 Å². The maximum Gasteiger partial charge on any atom is 0.416 e. The molecular formula is C22H23BrF3N3O4. The van der Waals surface area contributed by atoms with Gasteiger partial charge in [0, 0.05) is 18.5 Å². The summed E-state index contributed by atoms with van der Waals surface area (Å²) in [5.41, 5.74) is 2.04. The minimum atomic E-state index is -4.51. The van der Waals surface area contributed by atoms with E-state index in [2.05, 4.69) is 31.8 Å². The molecule has 0 radical (unpaired) electrons. The summed E-state index contributed by atoms with van der Waals surface area (Å²) >= 11 is 3.41. The van der Waals surface area contributed by atoms with Gasteiger partial charge < -0.3 is 14.8 Å². The number of hydrogen-bond donors (Lipinski definition) is 2. The van der Waals surface area contributed by atoms with Gasteiger partial charge in [-0.15, -0.1) is 0 Å². The van der Waals surface area contributed by atoms with Crippen LogP contribution >= 0.6 is 15.9 Å². The number of amides is 2. The van der Waals surface area contributed by atoms with Gasteiger partial charge in [0.25, 0.3) is 0 Å². The number of alkyl halides is 3. The average Bonchev–Trinajstić information content (AvgIpc) is 2.73. The fourth-order valence-electron chi connectivity index (χ4n) is 2.62. The minimum Gasteiger partial charge on any atom is -0.493 e. The standard InChI is InChI=1S/C22H23BrF3N3O4/c1-13(2)33-21-17(23)9-14(10-18(21)32-3)12-27-29-20(31)8-7-19(30)28-16-6-4-5-15(11-16)22(24,25)26/h4-6,9-13H,7-8H2,1-3H3,(H,28,30)(H,29,31). The highest BCUT2D eigenvalue weighted by Gasteiger charge is 2.30. The third kappa shape index (κ3) is 8.41. The molecule has 178 valence electrons. The van der Waals surface area contributed by atoms with Crippen molar-refractivity contribution in [3.8, 4) is 11.5 Å². The maximum atomic E-state index is 12.7. The third-order valence-electron chi connectivity index (χ3n) is 4.06. The number of hydrogen-bond acceptors (Lipinski definition) is 5. The SMILES string of the molecule is COc1cc(C=NNC(=O)CCC(=O)Nc2cccc(C(F)(F)F)c2)cc(Br)c1OC(C)C. The summed E-state index contributed by atoms with van der Waals surface area (Å²) in [5, 5.41) is 6.19. The molecule has 0 atom stereocenters. The number of benzene rings is 2. The second-order valence-electron chi connectivity index (χ2n) is 7.12. The lowest BCUT2D eigenvalue weighted by atomic mass is 10.2. The quantitative estimate of drug-likeness (QED) is 0.348. The number of halogens is 4. The van der Waals surface area contributed by atoms with E-state index in [1.54, 1.807) is 12.1 Å². The molecule has 0 unspecified atom stereocenters. The van der Waals surface area contributed by atoms with Crippen molar-refractivity contribution in [1.82, 2.24) is 5.43 Å². The summed E-state index contributed by atoms with van der Waals surface area (Å²) in [5.74, 6) is -0.100. The molecule has 0 aromatic heterocycles. The summed E-state index contributed by atoms with van der Waals surface area (Å²) < 4.78 is 49.9. The van der Waals surface area contributed by atoms with Crippen LogP contribution in [0.3, 0.4) is 0 Å². The number of carbonyl (C=O) groups is 2. The van der Waals surface area contributed by atoms with Gasteiger partial charge in [0.2, 0.25) is 11.8 Å². The Bertz CT molecular complexity index is 1030. The predicted molar refractivity (Wildman–Crippen MR) is 122 cm³/mol. The molecular weight excluding hydrogens is 507 g/mol. The number of anilines is 1. The van der Waals surface area contributed by atoms with Crippen LogP contribution < -0.4 is 20.2 Å². The molecule has 2 N–H and O–H groups in total. The van der Waals surface area contributed by atoms with E-state index in [0.717, 1.165) is 12.1 Å². The Kier molecular flexibility index (Phi) is 9.27. The van der Waals surface area contributed by atoms with Gasteiger partial charge in [-0.3, -0.25) is 9.59 Å². The number of hydrazone groups is 1. The zero-order chi connectivity index (χ0) is 24.6. The van der Waals surface area contributed by atoms with Crippen LogP contribution in [0.1, 0.15) is 37.8 Å². The van der Waals surface area contributed by atoms with E-state index in [4.69, 9.17) is 9.47 Å². The van der Waals surface area contributed by atoms with E-state index < -0.39 is 23.6 Å². The molecule has 7 nitrogen and oxygen atoms in total. The molecule has 0 saturated carbocycles. The zero-order valence-corrected chi connectivity index (χ0v) is 19.7. The Balaban J connectivity index is 1.88. The zero-order valence-electron chi connectivity index (χ0n) is 18.1. The van der Waals surface area contributed by atoms with Crippen molar-refractivity contribution in [2.75, 3.05) is 12.4 Å². The second kappa shape index (κ2) is 11.7. The predicted octanol–water partition coefficient (Wildman–Crippen LogP) is 5.13. The van der Waals surface area contributed by atoms with E-state index in [9.17, 15) is 22.8 Å². The molecule has 2 aromatic rings. The first-order chi connectivity index (χ1) is 15.5. The van der Waals surface area contributed by atoms with Gasteiger partial charge in [0.1, 0.15) is 0 Å². The number of nitrogens with zero attached hydrogens (tertiary/aromatic N) is 1. The molecule has 0 heterocycles. The fraction of sp³-hybridized carbons (Fsp3) is 0.318. The Labute approximate surface area is 197 Å². The van der Waals surface area contributed by atoms with Crippen molar-refractivity contribution >= 4 is 39.6 Å². The second-order valence-corrected chi connectivity index (χ2v) is 7.97. The largest absolute Gasteiger partial charge is 0.493 e. The number of ether oxygens (including phenoxy) is 2. The van der Waals surface area contributed by atoms with E-state index in [1.165, 1.54) is 25.5 Å². The smallest absolute Gasteiger partial charge is 0.416 e. The molecule has 0 bridgehead atoms. The number of carbonyl (C=O) groups excluding carboxylic acids is 2. The summed E-state index contributed by atoms with van der Waals surface area (Å²) in [6.07, 6.45) is -3.60. The van der Waals surface area contributed by atoms with Gasteiger partial charge >= 0.3 is 6.18 Å². The fourth-order valence-corrected chi connectivity index (χ4v) is 3.18. The molecule has 2 amide bonds. The lowest BCUT2D eigenvalue weighted by molar-refractivity contribution is -0.137. The van der Waals surface area contributed by atoms with Crippen LogP contribution in [0.25, 0.3) is 0 Å². The highest BCUT2D eigenvalue weighted by atomic mass is 79.9. The Morgan fingerprint density at radius 3 is 2.48 bits per heavy atom. The molecule has 2 rings (SSSR count). The lowest BCUT2D eigenvalue weighted by Crippen LogP contribution is -2.20. The normalized spacial score (nSPS) is 11.5. The maximum absolute atomic E-state index is 12.7. The molecule has 2 aromatic carbocycles. The number of methoxy groups -OCH3 is 1. The van der Waals surface area contributed by atoms with Crippen LogP contribution in [0.5, 0.6) is 11.5 Å². The molecule has 0 aliphatic rings. The minimum absolute atomic E-state index is 0.00216. The Morgan fingerprint density at radius 2 is 1.85 bits per heavy atom. The van der Waals surface area contributed by atoms with Crippen molar-refractivity contribution < 1.29 is 32.2 Å². The molecule has 0 saturated heterocycles. The van der Waals surface area contributed by atoms with Crippen LogP contribution in [0.4, 0.5) is 18.9 Å². The monoisotopic (exact) mass is 529 g/mol. The van der Waals surface area contributed by atoms with Gasteiger partial charge in [-0.1, -0.05) is 6.07 Å². The van der Waals surface area contributed by atoms with E-state index >= 15 is 0 Å². The van der Waals surface area contributed by atoms with Crippen molar-refractivity contribution in [2.45, 2.75) is 39.0 Å². The average molecular weight is 530 g/mol. The highest BCUT2D eigenvalue weighted by molar-refractivity contribution is 9.10. The van der Waals surface area contributed by atoms with E-state index in [1.807, 2.05) is 13.8 Å². The lowest BCUT2D eigenvalue weighted by Gasteiger charge is -2.15. The number of nitrogens with one attached hydrogen (secondary N) is 2. The first-order valence-electron chi connectivity index (χ1n) is 9.82. The van der Waals surface area contributed by atoms with Crippen LogP contribution in [0, 0.1) is 0 Å². The molecule has 0 spiro atoms. The van der Waals surface area contributed by atoms with Crippen molar-refractivity contribution in [2.24, 2.45) is 5.10 Å². The van der Waals surface area contributed by atoms with Crippen LogP contribution in [0.15, 0.2) is 46.0 Å². The summed E-state index contributed by atoms with van der Waals surface area (Å²) in [6.45, 7) is 3.77. The van der Waals surface area contributed by atoms with Crippen molar-refractivity contribution in [3.05, 3.63) is 52.0 Å². The van der Waals surface area contributed by atoms with Gasteiger partial charge in [0.15, 0.2) is 11.5 Å². The topological polar surface area (TPSA) is 89.0 Å². The van der Waals surface area contributed by atoms with Gasteiger partial charge in [-0.05, 0) is 65.7 Å². The summed E-state index contributed by atoms with van der Waals surface area (Å²) in [4.78, 5) is 23.9. The van der Waals surface area contributed by atoms with Gasteiger partial charge in [-0.2, -0.15) is 18.3 Å². The summed E-state index contributed by atoms with van der Waals surface area (Å²) in [6, 6.07) is 7.67. The molecule has 11 heteroatoms. The molecule has 0 aliphatic heterocycles. The van der Waals surface area contributed by atoms with Gasteiger partial charge in [-0.25, -0.2) is 5.43 Å². The first-order valence-corrected chi connectivity index (χ1v) is 10.6. The highest BCUT2D eigenvalue weighted by Crippen LogP contribution is 2.37. The Hall–Kier alpha value is -3.08. The van der Waals surface area contributed by atoms with Crippen LogP contribution in [-0.2, 0) is 15.8 Å². The van der Waals surface area contributed by atoms with Crippen LogP contribution in [-0.4, -0.2) is 31.2 Å². The van der Waals surface area contributed by atoms with E-state index in [-0.39, 0.29) is 24.6 Å². The number of rotatable bonds is 9. The first kappa shape index (κ1) is 26.2. The van der Waals surface area contributed by atoms with E-state index in [0.29, 0.717) is 21.5 Å². The Morgan fingerprint density at radius 1 is 1.15 bits per heavy atom. The molecule has 0 fully saturated rings. The van der Waals surface area contributed by atoms with Gasteiger partial charge in [0.05, 0.1) is 29.5 Å².